The molecule has 0 aromatic heterocycles. The lowest BCUT2D eigenvalue weighted by molar-refractivity contribution is 0.163. The van der Waals surface area contributed by atoms with Gasteiger partial charge in [0, 0.05) is 0 Å². The van der Waals surface area contributed by atoms with Crippen molar-refractivity contribution in [3.8, 4) is 0 Å². The van der Waals surface area contributed by atoms with Gasteiger partial charge in [-0.05, 0) is 0 Å². The summed E-state index contributed by atoms with van der Waals surface area (Å²) in [7, 11) is 0. The Balaban J connectivity index is 3.18. The Bertz CT molecular complexity index is 97.1. The molecule has 0 saturated heterocycles. The Morgan fingerprint density at radius 1 is 1.25 bits per heavy atom. The highest BCUT2D eigenvalue weighted by Crippen LogP contribution is 1.53. The monoisotopic (exact) mass is 118 g/mol. The Kier molecular flexibility index (Phi) is 2.18. The van der Waals surface area contributed by atoms with Gasteiger partial charge in [-0.1, -0.05) is 0 Å². The van der Waals surface area contributed by atoms with E-state index in [4.69, 9.17) is 0 Å². The van der Waals surface area contributed by atoms with Crippen LogP contribution in [0.1, 0.15) is 0 Å². The molecule has 0 aromatic carbocycles. The molecule has 0 atom stereocenters. The fourth-order valence-corrected chi connectivity index (χ4v) is 0.113. The largest absolute Gasteiger partial charge is 0.468 e. The van der Waals surface area contributed by atoms with Gasteiger partial charge in [0.1, 0.15) is 0 Å². The van der Waals surface area contributed by atoms with Crippen LogP contribution < -0.4 is 16.6 Å². The van der Waals surface area contributed by atoms with Gasteiger partial charge in [-0.15, -0.1) is 0 Å². The van der Waals surface area contributed by atoms with E-state index in [2.05, 4.69) is 5.73 Å². The van der Waals surface area contributed by atoms with Crippen molar-refractivity contribution in [3.63, 3.8) is 0 Å². The number of nitrogens with two attached hydrogens (primary N) is 1. The summed E-state index contributed by atoms with van der Waals surface area (Å²) in [5.74, 6) is 0. The van der Waals surface area contributed by atoms with Crippen molar-refractivity contribution < 1.29 is 14.7 Å². The minimum atomic E-state index is -1.61. The van der Waals surface area contributed by atoms with E-state index in [0.29, 0.717) is 0 Å². The van der Waals surface area contributed by atoms with Crippen LogP contribution in [0.15, 0.2) is 0 Å². The topological polar surface area (TPSA) is 104 Å². The van der Waals surface area contributed by atoms with E-state index >= 15 is 0 Å². The number of hydrogen-bond acceptors (Lipinski definition) is 2. The molecule has 6 nitrogen and oxygen atoms in total. The quantitative estimate of drug-likeness (QED) is 0.344. The number of amides is 3. The van der Waals surface area contributed by atoms with Gasteiger partial charge in [0.25, 0.3) is 0 Å². The summed E-state index contributed by atoms with van der Waals surface area (Å²) in [5, 5.41) is 9.41. The number of rotatable bonds is 0. The minimum absolute atomic E-state index is 0.978. The van der Waals surface area contributed by atoms with Gasteiger partial charge < -0.3 is 5.73 Å². The molecule has 45 valence electrons. The van der Waals surface area contributed by atoms with Crippen molar-refractivity contribution in [1.82, 2.24) is 10.9 Å². The third-order valence-corrected chi connectivity index (χ3v) is 0.288. The second-order valence-corrected chi connectivity index (χ2v) is 0.902. The lowest BCUT2D eigenvalue weighted by atomic mass is 11.1. The number of primary amides is 1. The average molecular weight is 118 g/mol. The van der Waals surface area contributed by atoms with Crippen molar-refractivity contribution in [2.75, 3.05) is 0 Å². The predicted molar refractivity (Wildman–Crippen MR) is 21.9 cm³/mol. The maximum Gasteiger partial charge on any atom is 0.468 e. The molecule has 0 unspecified atom stereocenters. The Morgan fingerprint density at radius 2 is 1.75 bits per heavy atom. The average Bonchev–Trinajstić information content (AvgIpc) is 1.61. The van der Waals surface area contributed by atoms with E-state index < -0.39 is 12.1 Å². The normalized spacial score (nSPS) is 7.50. The van der Waals surface area contributed by atoms with Crippen molar-refractivity contribution in [1.29, 1.82) is 0 Å². The predicted octanol–water partition coefficient (Wildman–Crippen LogP) is -1.29. The molecule has 4 N–H and O–H groups in total. The third-order valence-electron chi connectivity index (χ3n) is 0.288. The highest BCUT2D eigenvalue weighted by atomic mass is 16.4. The van der Waals surface area contributed by atoms with Gasteiger partial charge in [-0.3, -0.25) is 0 Å². The zero-order chi connectivity index (χ0) is 6.57. The second kappa shape index (κ2) is 2.67. The smallest absolute Gasteiger partial charge is 0.350 e. The molecule has 0 aliphatic heterocycles. The third kappa shape index (κ3) is 4.54. The first kappa shape index (κ1) is 6.54. The van der Waals surface area contributed by atoms with E-state index in [0.717, 1.165) is 0 Å². The Labute approximate surface area is 44.6 Å². The van der Waals surface area contributed by atoms with Crippen LogP contribution in [0.2, 0.25) is 0 Å². The minimum Gasteiger partial charge on any atom is -0.350 e. The van der Waals surface area contributed by atoms with E-state index in [1.165, 1.54) is 5.43 Å². The van der Waals surface area contributed by atoms with Crippen LogP contribution in [-0.4, -0.2) is 12.1 Å². The summed E-state index contributed by atoms with van der Waals surface area (Å²) in [6.07, 6.45) is -1.61. The molecule has 0 aliphatic rings. The number of hydrazine groups is 1. The van der Waals surface area contributed by atoms with E-state index in [9.17, 15) is 14.7 Å². The summed E-state index contributed by atoms with van der Waals surface area (Å²) < 4.78 is 0. The highest BCUT2D eigenvalue weighted by molar-refractivity contribution is 5.75. The molecule has 0 aromatic rings. The van der Waals surface area contributed by atoms with Crippen molar-refractivity contribution in [3.05, 3.63) is 0 Å². The molecule has 0 heterocycles. The first-order valence-corrected chi connectivity index (χ1v) is 1.65. The summed E-state index contributed by atoms with van der Waals surface area (Å²) >= 11 is 0. The van der Waals surface area contributed by atoms with Crippen LogP contribution in [0.5, 0.6) is 0 Å². The van der Waals surface area contributed by atoms with Crippen LogP contribution in [0.25, 0.3) is 0 Å². The molecule has 0 spiro atoms. The standard InChI is InChI=1S/C2H4N3O3/c3-1(6)4-5-2(7)8/h5H,(H3,3,4,6). The van der Waals surface area contributed by atoms with Gasteiger partial charge >= 0.3 is 12.1 Å². The fourth-order valence-electron chi connectivity index (χ4n) is 0.113. The molecule has 6 heteroatoms. The Hall–Kier alpha value is -1.46. The van der Waals surface area contributed by atoms with Gasteiger partial charge in [0.15, 0.2) is 0 Å². The molecule has 0 fully saturated rings. The molecule has 0 bridgehead atoms. The highest BCUT2D eigenvalue weighted by Gasteiger charge is 1.95. The molecule has 3 amide bonds. The van der Waals surface area contributed by atoms with Crippen LogP contribution in [-0.2, 0) is 5.11 Å². The fraction of sp³-hybridized carbons (Fsp3) is 0. The maximum absolute atomic E-state index is 9.66. The second-order valence-electron chi connectivity index (χ2n) is 0.902. The van der Waals surface area contributed by atoms with Crippen molar-refractivity contribution in [2.24, 2.45) is 5.73 Å². The summed E-state index contributed by atoms with van der Waals surface area (Å²) in [5.41, 5.74) is 7.43. The molecule has 0 saturated carbocycles. The summed E-state index contributed by atoms with van der Waals surface area (Å²) in [6.45, 7) is 0. The van der Waals surface area contributed by atoms with Gasteiger partial charge in [0.2, 0.25) is 0 Å². The molecular weight excluding hydrogens is 114 g/mol. The van der Waals surface area contributed by atoms with Crippen LogP contribution in [0.4, 0.5) is 9.59 Å². The number of urea groups is 1. The number of hydrogen-bond donors (Lipinski definition) is 3. The van der Waals surface area contributed by atoms with Crippen LogP contribution in [0.3, 0.4) is 0 Å². The molecule has 0 aliphatic carbocycles. The molecule has 1 radical (unpaired) electrons. The van der Waals surface area contributed by atoms with Crippen LogP contribution in [0, 0.1) is 0 Å². The maximum atomic E-state index is 9.66. The number of carbonyl (C=O) groups is 2. The van der Waals surface area contributed by atoms with Crippen molar-refractivity contribution in [2.45, 2.75) is 0 Å². The zero-order valence-corrected chi connectivity index (χ0v) is 3.80. The van der Waals surface area contributed by atoms with E-state index in [-0.39, 0.29) is 0 Å². The number of nitrogens with one attached hydrogen (secondary N) is 2. The lowest BCUT2D eigenvalue weighted by Gasteiger charge is -1.94. The van der Waals surface area contributed by atoms with E-state index in [1.807, 2.05) is 0 Å². The number of carbonyl (C=O) groups excluding carboxylic acids is 2. The summed E-state index contributed by atoms with van der Waals surface area (Å²) in [6, 6.07) is -0.978. The molecular formula is C2H4N3O3. The zero-order valence-electron chi connectivity index (χ0n) is 3.80. The van der Waals surface area contributed by atoms with Crippen molar-refractivity contribution >= 4 is 12.1 Å². The van der Waals surface area contributed by atoms with Gasteiger partial charge in [-0.25, -0.2) is 25.5 Å². The lowest BCUT2D eigenvalue weighted by Crippen LogP contribution is -2.43. The first-order chi connectivity index (χ1) is 3.63. The molecule has 8 heavy (non-hydrogen) atoms. The van der Waals surface area contributed by atoms with E-state index in [1.54, 1.807) is 5.43 Å². The Morgan fingerprint density at radius 3 is 1.88 bits per heavy atom. The SMILES string of the molecule is NC(=O)NNC([O])=O. The van der Waals surface area contributed by atoms with Gasteiger partial charge in [0.05, 0.1) is 0 Å². The summed E-state index contributed by atoms with van der Waals surface area (Å²) in [4.78, 5) is 19.1. The first-order valence-electron chi connectivity index (χ1n) is 1.65. The van der Waals surface area contributed by atoms with Crippen LogP contribution >= 0.6 is 0 Å². The van der Waals surface area contributed by atoms with Gasteiger partial charge in [-0.2, -0.15) is 0 Å². The molecule has 0 rings (SSSR count).